The summed E-state index contributed by atoms with van der Waals surface area (Å²) >= 11 is 2.23. The van der Waals surface area contributed by atoms with Gasteiger partial charge in [0.1, 0.15) is 5.75 Å². The van der Waals surface area contributed by atoms with E-state index in [1.807, 2.05) is 12.3 Å². The summed E-state index contributed by atoms with van der Waals surface area (Å²) in [4.78, 5) is 4.03. The SMILES string of the molecule is Ic1cncc(OC2CC2)c1. The van der Waals surface area contributed by atoms with Crippen LogP contribution in [0.2, 0.25) is 0 Å². The molecule has 1 saturated carbocycles. The molecule has 0 N–H and O–H groups in total. The molecule has 0 saturated heterocycles. The first kappa shape index (κ1) is 7.34. The monoisotopic (exact) mass is 261 g/mol. The summed E-state index contributed by atoms with van der Waals surface area (Å²) in [7, 11) is 0. The molecule has 1 aromatic heterocycles. The summed E-state index contributed by atoms with van der Waals surface area (Å²) in [6.07, 6.45) is 6.45. The molecule has 2 nitrogen and oxygen atoms in total. The maximum absolute atomic E-state index is 5.54. The molecule has 1 fully saturated rings. The maximum atomic E-state index is 5.54. The lowest BCUT2D eigenvalue weighted by molar-refractivity contribution is 0.302. The second kappa shape index (κ2) is 2.97. The average molecular weight is 261 g/mol. The molecule has 1 heterocycles. The van der Waals surface area contributed by atoms with Crippen LogP contribution in [0.1, 0.15) is 12.8 Å². The van der Waals surface area contributed by atoms with Crippen LogP contribution >= 0.6 is 22.6 Å². The standard InChI is InChI=1S/C8H8INO/c9-6-3-8(5-10-4-6)11-7-1-2-7/h3-5,7H,1-2H2. The number of rotatable bonds is 2. The average Bonchev–Trinajstić information content (AvgIpc) is 2.71. The summed E-state index contributed by atoms with van der Waals surface area (Å²) in [6.45, 7) is 0. The van der Waals surface area contributed by atoms with Crippen LogP contribution in [0.5, 0.6) is 5.75 Å². The third kappa shape index (κ3) is 2.05. The number of nitrogens with zero attached hydrogens (tertiary/aromatic N) is 1. The van der Waals surface area contributed by atoms with Gasteiger partial charge in [-0.15, -0.1) is 0 Å². The Bertz CT molecular complexity index is 260. The van der Waals surface area contributed by atoms with Crippen molar-refractivity contribution in [3.63, 3.8) is 0 Å². The molecular formula is C8H8INO. The molecule has 0 amide bonds. The van der Waals surface area contributed by atoms with Gasteiger partial charge in [0.15, 0.2) is 0 Å². The zero-order valence-electron chi connectivity index (χ0n) is 5.96. The topological polar surface area (TPSA) is 22.1 Å². The molecule has 11 heavy (non-hydrogen) atoms. The van der Waals surface area contributed by atoms with E-state index in [9.17, 15) is 0 Å². The van der Waals surface area contributed by atoms with Crippen LogP contribution in [0, 0.1) is 3.57 Å². The van der Waals surface area contributed by atoms with Gasteiger partial charge in [0.2, 0.25) is 0 Å². The second-order valence-electron chi connectivity index (χ2n) is 2.66. The van der Waals surface area contributed by atoms with Gasteiger partial charge in [0.05, 0.1) is 12.3 Å². The second-order valence-corrected chi connectivity index (χ2v) is 3.90. The van der Waals surface area contributed by atoms with E-state index in [-0.39, 0.29) is 0 Å². The Kier molecular flexibility index (Phi) is 1.98. The summed E-state index contributed by atoms with van der Waals surface area (Å²) < 4.78 is 6.66. The minimum atomic E-state index is 0.468. The highest BCUT2D eigenvalue weighted by atomic mass is 127. The van der Waals surface area contributed by atoms with E-state index < -0.39 is 0 Å². The highest BCUT2D eigenvalue weighted by Crippen LogP contribution is 2.26. The predicted octanol–water partition coefficient (Wildman–Crippen LogP) is 2.23. The van der Waals surface area contributed by atoms with Crippen LogP contribution < -0.4 is 4.74 Å². The van der Waals surface area contributed by atoms with E-state index in [0.29, 0.717) is 6.10 Å². The van der Waals surface area contributed by atoms with Gasteiger partial charge in [-0.05, 0) is 41.5 Å². The van der Waals surface area contributed by atoms with Crippen molar-refractivity contribution in [1.82, 2.24) is 4.98 Å². The number of pyridine rings is 1. The minimum absolute atomic E-state index is 0.468. The van der Waals surface area contributed by atoms with Crippen LogP contribution in [-0.2, 0) is 0 Å². The summed E-state index contributed by atoms with van der Waals surface area (Å²) in [5.41, 5.74) is 0. The molecule has 2 rings (SSSR count). The van der Waals surface area contributed by atoms with Gasteiger partial charge in [0.25, 0.3) is 0 Å². The van der Waals surface area contributed by atoms with Crippen molar-refractivity contribution >= 4 is 22.6 Å². The van der Waals surface area contributed by atoms with Crippen molar-refractivity contribution in [3.05, 3.63) is 22.0 Å². The Morgan fingerprint density at radius 2 is 2.27 bits per heavy atom. The number of ether oxygens (including phenoxy) is 1. The number of hydrogen-bond acceptors (Lipinski definition) is 2. The lowest BCUT2D eigenvalue weighted by Gasteiger charge is -2.02. The van der Waals surface area contributed by atoms with Crippen LogP contribution in [0.3, 0.4) is 0 Å². The molecule has 58 valence electrons. The smallest absolute Gasteiger partial charge is 0.139 e. The largest absolute Gasteiger partial charge is 0.489 e. The number of halogens is 1. The molecule has 0 unspecified atom stereocenters. The van der Waals surface area contributed by atoms with E-state index in [2.05, 4.69) is 27.6 Å². The molecule has 0 radical (unpaired) electrons. The maximum Gasteiger partial charge on any atom is 0.139 e. The highest BCUT2D eigenvalue weighted by Gasteiger charge is 2.23. The van der Waals surface area contributed by atoms with Crippen LogP contribution in [0.25, 0.3) is 0 Å². The third-order valence-electron chi connectivity index (χ3n) is 1.51. The Hall–Kier alpha value is -0.320. The van der Waals surface area contributed by atoms with Crippen LogP contribution in [0.4, 0.5) is 0 Å². The predicted molar refractivity (Wildman–Crippen MR) is 50.6 cm³/mol. The first-order valence-corrected chi connectivity index (χ1v) is 4.70. The molecule has 0 bridgehead atoms. The first-order valence-electron chi connectivity index (χ1n) is 3.62. The molecule has 0 aliphatic heterocycles. The van der Waals surface area contributed by atoms with Crippen molar-refractivity contribution in [2.24, 2.45) is 0 Å². The highest BCUT2D eigenvalue weighted by molar-refractivity contribution is 14.1. The molecule has 0 atom stereocenters. The molecular weight excluding hydrogens is 253 g/mol. The van der Waals surface area contributed by atoms with Gasteiger partial charge in [-0.2, -0.15) is 0 Å². The van der Waals surface area contributed by atoms with Crippen molar-refractivity contribution in [2.75, 3.05) is 0 Å². The molecule has 1 aliphatic carbocycles. The third-order valence-corrected chi connectivity index (χ3v) is 2.10. The fourth-order valence-corrected chi connectivity index (χ4v) is 1.30. The minimum Gasteiger partial charge on any atom is -0.489 e. The van der Waals surface area contributed by atoms with E-state index in [4.69, 9.17) is 4.74 Å². The zero-order valence-corrected chi connectivity index (χ0v) is 8.11. The Morgan fingerprint density at radius 3 is 2.91 bits per heavy atom. The van der Waals surface area contributed by atoms with E-state index >= 15 is 0 Å². The molecule has 1 aliphatic rings. The van der Waals surface area contributed by atoms with Gasteiger partial charge in [0, 0.05) is 9.77 Å². The van der Waals surface area contributed by atoms with Crippen molar-refractivity contribution in [1.29, 1.82) is 0 Å². The Morgan fingerprint density at radius 1 is 1.45 bits per heavy atom. The van der Waals surface area contributed by atoms with Gasteiger partial charge in [-0.1, -0.05) is 0 Å². The normalized spacial score (nSPS) is 16.5. The lowest BCUT2D eigenvalue weighted by Crippen LogP contribution is -1.96. The van der Waals surface area contributed by atoms with Crippen LogP contribution in [0.15, 0.2) is 18.5 Å². The van der Waals surface area contributed by atoms with Crippen LogP contribution in [-0.4, -0.2) is 11.1 Å². The van der Waals surface area contributed by atoms with Crippen molar-refractivity contribution in [2.45, 2.75) is 18.9 Å². The van der Waals surface area contributed by atoms with Crippen molar-refractivity contribution < 1.29 is 4.74 Å². The Balaban J connectivity index is 2.10. The number of hydrogen-bond donors (Lipinski definition) is 0. The summed E-state index contributed by atoms with van der Waals surface area (Å²) in [6, 6.07) is 2.01. The molecule has 0 aromatic carbocycles. The zero-order chi connectivity index (χ0) is 7.68. The molecule has 0 spiro atoms. The lowest BCUT2D eigenvalue weighted by atomic mass is 10.5. The van der Waals surface area contributed by atoms with Gasteiger partial charge in [-0.25, -0.2) is 0 Å². The van der Waals surface area contributed by atoms with Gasteiger partial charge >= 0.3 is 0 Å². The molecule has 1 aromatic rings. The summed E-state index contributed by atoms with van der Waals surface area (Å²) in [5, 5.41) is 0. The van der Waals surface area contributed by atoms with E-state index in [1.165, 1.54) is 12.8 Å². The van der Waals surface area contributed by atoms with E-state index in [0.717, 1.165) is 9.32 Å². The number of aromatic nitrogens is 1. The Labute approximate surface area is 79.1 Å². The fraction of sp³-hybridized carbons (Fsp3) is 0.375. The van der Waals surface area contributed by atoms with Crippen molar-refractivity contribution in [3.8, 4) is 5.75 Å². The van der Waals surface area contributed by atoms with E-state index in [1.54, 1.807) is 6.20 Å². The van der Waals surface area contributed by atoms with Gasteiger partial charge in [-0.3, -0.25) is 4.98 Å². The molecule has 3 heteroatoms. The summed E-state index contributed by atoms with van der Waals surface area (Å²) in [5.74, 6) is 0.902. The van der Waals surface area contributed by atoms with Gasteiger partial charge < -0.3 is 4.74 Å². The first-order chi connectivity index (χ1) is 5.34. The fourth-order valence-electron chi connectivity index (χ4n) is 0.835. The quantitative estimate of drug-likeness (QED) is 0.761.